The van der Waals surface area contributed by atoms with Gasteiger partial charge in [-0.15, -0.1) is 5.10 Å². The van der Waals surface area contributed by atoms with Gasteiger partial charge in [0.05, 0.1) is 18.0 Å². The van der Waals surface area contributed by atoms with Crippen LogP contribution in [0.3, 0.4) is 0 Å². The minimum atomic E-state index is -0.0265. The highest BCUT2D eigenvalue weighted by Crippen LogP contribution is 2.42. The molecule has 27 heavy (non-hydrogen) atoms. The zero-order chi connectivity index (χ0) is 19.0. The standard InChI is InChI=1S/C20H26N4O2S/c1-4-16-21-20-24(22-16)19(25)18(27-20)17(23-10-6-7-13(2)12-23)14-8-5-9-15(11-14)26-3/h5,8-9,11,13,17,25H,4,6-7,10,12H2,1-3H3/t13-,17-/m0/s1. The number of ether oxygens (including phenoxy) is 1. The van der Waals surface area contributed by atoms with Crippen LogP contribution in [0.4, 0.5) is 0 Å². The lowest BCUT2D eigenvalue weighted by Gasteiger charge is -2.37. The van der Waals surface area contributed by atoms with Gasteiger partial charge in [-0.3, -0.25) is 4.90 Å². The molecule has 1 N–H and O–H groups in total. The van der Waals surface area contributed by atoms with Crippen LogP contribution in [0.15, 0.2) is 24.3 Å². The summed E-state index contributed by atoms with van der Waals surface area (Å²) in [5, 5.41) is 15.4. The van der Waals surface area contributed by atoms with Crippen molar-refractivity contribution in [2.24, 2.45) is 5.92 Å². The van der Waals surface area contributed by atoms with Crippen LogP contribution in [0.5, 0.6) is 11.6 Å². The van der Waals surface area contributed by atoms with Gasteiger partial charge in [0.25, 0.3) is 0 Å². The Kier molecular flexibility index (Phi) is 5.06. The SMILES string of the molecule is CCc1nc2sc([C@H](c3cccc(OC)c3)N3CCC[C@H](C)C3)c(O)n2n1. The number of likely N-dealkylation sites (tertiary alicyclic amines) is 1. The summed E-state index contributed by atoms with van der Waals surface area (Å²) in [6.07, 6.45) is 3.18. The Bertz CT molecular complexity index is 935. The maximum Gasteiger partial charge on any atom is 0.230 e. The van der Waals surface area contributed by atoms with Crippen molar-refractivity contribution < 1.29 is 9.84 Å². The molecule has 144 valence electrons. The third kappa shape index (κ3) is 3.41. The van der Waals surface area contributed by atoms with Crippen molar-refractivity contribution in [3.05, 3.63) is 40.5 Å². The van der Waals surface area contributed by atoms with E-state index in [-0.39, 0.29) is 11.9 Å². The first-order valence-electron chi connectivity index (χ1n) is 9.56. The molecule has 4 rings (SSSR count). The first-order valence-corrected chi connectivity index (χ1v) is 10.4. The van der Waals surface area contributed by atoms with Crippen molar-refractivity contribution in [2.75, 3.05) is 20.2 Å². The van der Waals surface area contributed by atoms with Gasteiger partial charge < -0.3 is 9.84 Å². The smallest absolute Gasteiger partial charge is 0.230 e. The molecule has 0 radical (unpaired) electrons. The van der Waals surface area contributed by atoms with Crippen molar-refractivity contribution in [3.8, 4) is 11.6 Å². The molecule has 0 unspecified atom stereocenters. The minimum absolute atomic E-state index is 0.0265. The molecule has 6 nitrogen and oxygen atoms in total. The van der Waals surface area contributed by atoms with Gasteiger partial charge in [0.2, 0.25) is 10.8 Å². The summed E-state index contributed by atoms with van der Waals surface area (Å²) in [5.74, 6) is 2.43. The largest absolute Gasteiger partial charge is 0.497 e. The number of methoxy groups -OCH3 is 1. The first-order chi connectivity index (χ1) is 13.1. The second kappa shape index (κ2) is 7.48. The number of aromatic nitrogens is 3. The number of hydrogen-bond acceptors (Lipinski definition) is 6. The fourth-order valence-electron chi connectivity index (χ4n) is 3.92. The molecule has 1 aromatic carbocycles. The number of rotatable bonds is 5. The summed E-state index contributed by atoms with van der Waals surface area (Å²) in [7, 11) is 1.68. The molecule has 0 aliphatic carbocycles. The lowest BCUT2D eigenvalue weighted by atomic mass is 9.95. The molecular weight excluding hydrogens is 360 g/mol. The van der Waals surface area contributed by atoms with Gasteiger partial charge in [-0.25, -0.2) is 4.98 Å². The summed E-state index contributed by atoms with van der Waals surface area (Å²) >= 11 is 1.53. The number of piperidine rings is 1. The van der Waals surface area contributed by atoms with E-state index in [9.17, 15) is 5.11 Å². The Morgan fingerprint density at radius 2 is 2.26 bits per heavy atom. The second-order valence-electron chi connectivity index (χ2n) is 7.29. The molecule has 0 amide bonds. The number of fused-ring (bicyclic) bond motifs is 1. The number of benzene rings is 1. The Morgan fingerprint density at radius 1 is 1.41 bits per heavy atom. The van der Waals surface area contributed by atoms with Gasteiger partial charge in [0, 0.05) is 13.0 Å². The predicted molar refractivity (Wildman–Crippen MR) is 107 cm³/mol. The summed E-state index contributed by atoms with van der Waals surface area (Å²) < 4.78 is 7.03. The fraction of sp³-hybridized carbons (Fsp3) is 0.500. The zero-order valence-electron chi connectivity index (χ0n) is 16.1. The van der Waals surface area contributed by atoms with Crippen molar-refractivity contribution in [1.82, 2.24) is 19.5 Å². The maximum atomic E-state index is 11.0. The number of nitrogens with zero attached hydrogens (tertiary/aromatic N) is 4. The van der Waals surface area contributed by atoms with Crippen LogP contribution in [0, 0.1) is 5.92 Å². The zero-order valence-corrected chi connectivity index (χ0v) is 16.9. The molecule has 1 aliphatic rings. The molecule has 2 atom stereocenters. The number of hydrogen-bond donors (Lipinski definition) is 1. The third-order valence-electron chi connectivity index (χ3n) is 5.27. The second-order valence-corrected chi connectivity index (χ2v) is 8.30. The van der Waals surface area contributed by atoms with Gasteiger partial charge in [-0.1, -0.05) is 37.3 Å². The maximum absolute atomic E-state index is 11.0. The highest BCUT2D eigenvalue weighted by Gasteiger charge is 2.32. The number of thiazole rings is 1. The minimum Gasteiger partial charge on any atom is -0.497 e. The van der Waals surface area contributed by atoms with Crippen LogP contribution in [0.2, 0.25) is 0 Å². The molecule has 0 spiro atoms. The van der Waals surface area contributed by atoms with E-state index >= 15 is 0 Å². The van der Waals surface area contributed by atoms with Crippen LogP contribution in [-0.4, -0.2) is 44.8 Å². The Morgan fingerprint density at radius 3 is 2.96 bits per heavy atom. The third-order valence-corrected chi connectivity index (χ3v) is 6.34. The molecule has 7 heteroatoms. The normalized spacial score (nSPS) is 19.4. The van der Waals surface area contributed by atoms with Crippen molar-refractivity contribution in [3.63, 3.8) is 0 Å². The molecule has 1 fully saturated rings. The topological polar surface area (TPSA) is 62.9 Å². The number of aromatic hydroxyl groups is 1. The first kappa shape index (κ1) is 18.3. The molecule has 0 bridgehead atoms. The molecular formula is C20H26N4O2S. The molecule has 1 aliphatic heterocycles. The van der Waals surface area contributed by atoms with Gasteiger partial charge >= 0.3 is 0 Å². The summed E-state index contributed by atoms with van der Waals surface area (Å²) in [5.41, 5.74) is 1.12. The molecule has 3 aromatic rings. The van der Waals surface area contributed by atoms with Crippen molar-refractivity contribution in [2.45, 2.75) is 39.2 Å². The van der Waals surface area contributed by atoms with Crippen LogP contribution in [-0.2, 0) is 6.42 Å². The van der Waals surface area contributed by atoms with Gasteiger partial charge in [-0.2, -0.15) is 4.52 Å². The average Bonchev–Trinajstić information content (AvgIpc) is 3.22. The van der Waals surface area contributed by atoms with E-state index in [0.717, 1.165) is 46.5 Å². The lowest BCUT2D eigenvalue weighted by Crippen LogP contribution is -2.37. The summed E-state index contributed by atoms with van der Waals surface area (Å²) in [6.45, 7) is 6.34. The van der Waals surface area contributed by atoms with Crippen LogP contribution in [0.1, 0.15) is 49.0 Å². The van der Waals surface area contributed by atoms with Gasteiger partial charge in [0.15, 0.2) is 5.82 Å². The van der Waals surface area contributed by atoms with E-state index in [1.165, 1.54) is 24.2 Å². The van der Waals surface area contributed by atoms with E-state index in [2.05, 4.69) is 34.0 Å². The van der Waals surface area contributed by atoms with E-state index in [1.807, 2.05) is 19.1 Å². The average molecular weight is 387 g/mol. The lowest BCUT2D eigenvalue weighted by molar-refractivity contribution is 0.149. The van der Waals surface area contributed by atoms with E-state index in [0.29, 0.717) is 5.92 Å². The number of aryl methyl sites for hydroxylation is 1. The van der Waals surface area contributed by atoms with Crippen molar-refractivity contribution in [1.29, 1.82) is 0 Å². The van der Waals surface area contributed by atoms with Gasteiger partial charge in [-0.05, 0) is 43.0 Å². The monoisotopic (exact) mass is 386 g/mol. The van der Waals surface area contributed by atoms with E-state index in [1.54, 1.807) is 11.6 Å². The van der Waals surface area contributed by atoms with Crippen LogP contribution in [0.25, 0.3) is 4.96 Å². The van der Waals surface area contributed by atoms with Crippen LogP contribution < -0.4 is 4.74 Å². The molecule has 3 heterocycles. The molecule has 2 aromatic heterocycles. The Balaban J connectivity index is 1.81. The molecule has 0 saturated carbocycles. The predicted octanol–water partition coefficient (Wildman–Crippen LogP) is 3.89. The van der Waals surface area contributed by atoms with E-state index in [4.69, 9.17) is 4.74 Å². The van der Waals surface area contributed by atoms with Crippen LogP contribution >= 0.6 is 11.3 Å². The fourth-order valence-corrected chi connectivity index (χ4v) is 5.05. The Hall–Kier alpha value is -2.12. The quantitative estimate of drug-likeness (QED) is 0.721. The summed E-state index contributed by atoms with van der Waals surface area (Å²) in [6, 6.07) is 8.12. The Labute approximate surface area is 163 Å². The molecule has 1 saturated heterocycles. The highest BCUT2D eigenvalue weighted by molar-refractivity contribution is 7.17. The highest BCUT2D eigenvalue weighted by atomic mass is 32.1. The van der Waals surface area contributed by atoms with Crippen molar-refractivity contribution >= 4 is 16.3 Å². The summed E-state index contributed by atoms with van der Waals surface area (Å²) in [4.78, 5) is 8.66. The van der Waals surface area contributed by atoms with Gasteiger partial charge in [0.1, 0.15) is 5.75 Å². The van der Waals surface area contributed by atoms with E-state index < -0.39 is 0 Å².